The molecule has 7 nitrogen and oxygen atoms in total. The molecule has 4 amide bonds. The van der Waals surface area contributed by atoms with E-state index < -0.39 is 17.8 Å². The maximum absolute atomic E-state index is 13.1. The normalized spacial score (nSPS) is 14.8. The summed E-state index contributed by atoms with van der Waals surface area (Å²) in [4.78, 5) is 38.9. The van der Waals surface area contributed by atoms with Crippen molar-refractivity contribution in [3.05, 3.63) is 93.0 Å². The van der Waals surface area contributed by atoms with Gasteiger partial charge in [-0.3, -0.25) is 14.9 Å². The first-order valence-electron chi connectivity index (χ1n) is 10.5. The lowest BCUT2D eigenvalue weighted by atomic mass is 10.1. The van der Waals surface area contributed by atoms with Gasteiger partial charge in [-0.15, -0.1) is 0 Å². The van der Waals surface area contributed by atoms with Crippen LogP contribution in [0.2, 0.25) is 10.0 Å². The summed E-state index contributed by atoms with van der Waals surface area (Å²) in [5, 5.41) is 3.10. The van der Waals surface area contributed by atoms with Gasteiger partial charge >= 0.3 is 6.03 Å². The van der Waals surface area contributed by atoms with E-state index in [1.165, 1.54) is 13.2 Å². The lowest BCUT2D eigenvalue weighted by molar-refractivity contribution is -0.122. The number of ether oxygens (including phenoxy) is 2. The number of imide groups is 2. The second-order valence-corrected chi connectivity index (χ2v) is 8.56. The Morgan fingerprint density at radius 3 is 2.46 bits per heavy atom. The average Bonchev–Trinajstić information content (AvgIpc) is 2.82. The van der Waals surface area contributed by atoms with Gasteiger partial charge in [-0.1, -0.05) is 47.5 Å². The SMILES string of the molecule is COc1cc(/C=C2\C(=O)NC(=O)N(c3cccc(C)c3)C2=O)ccc1OCc1ccc(Cl)c(Cl)c1. The number of nitrogens with zero attached hydrogens (tertiary/aromatic N) is 1. The number of benzene rings is 3. The summed E-state index contributed by atoms with van der Waals surface area (Å²) in [5.74, 6) is -0.641. The van der Waals surface area contributed by atoms with Crippen LogP contribution in [0.3, 0.4) is 0 Å². The van der Waals surface area contributed by atoms with Gasteiger partial charge in [0.25, 0.3) is 11.8 Å². The highest BCUT2D eigenvalue weighted by molar-refractivity contribution is 6.42. The molecular formula is C26H20Cl2N2O5. The fraction of sp³-hybridized carbons (Fsp3) is 0.115. The minimum atomic E-state index is -0.800. The van der Waals surface area contributed by atoms with Gasteiger partial charge in [-0.25, -0.2) is 9.69 Å². The maximum atomic E-state index is 13.1. The first-order valence-corrected chi connectivity index (χ1v) is 11.3. The molecule has 35 heavy (non-hydrogen) atoms. The van der Waals surface area contributed by atoms with Gasteiger partial charge < -0.3 is 9.47 Å². The molecular weight excluding hydrogens is 491 g/mol. The molecule has 0 saturated carbocycles. The van der Waals surface area contributed by atoms with Gasteiger partial charge in [-0.05, 0) is 66.1 Å². The maximum Gasteiger partial charge on any atom is 0.335 e. The van der Waals surface area contributed by atoms with Crippen LogP contribution in [0, 0.1) is 6.92 Å². The molecule has 3 aromatic carbocycles. The number of urea groups is 1. The number of rotatable bonds is 6. The highest BCUT2D eigenvalue weighted by Crippen LogP contribution is 2.31. The number of aryl methyl sites for hydroxylation is 1. The van der Waals surface area contributed by atoms with Crippen molar-refractivity contribution in [2.45, 2.75) is 13.5 Å². The van der Waals surface area contributed by atoms with Crippen molar-refractivity contribution in [2.75, 3.05) is 12.0 Å². The predicted octanol–water partition coefficient (Wildman–Crippen LogP) is 5.56. The van der Waals surface area contributed by atoms with Crippen LogP contribution >= 0.6 is 23.2 Å². The van der Waals surface area contributed by atoms with E-state index in [0.717, 1.165) is 16.0 Å². The fourth-order valence-corrected chi connectivity index (χ4v) is 3.83. The van der Waals surface area contributed by atoms with Gasteiger partial charge in [0.1, 0.15) is 12.2 Å². The standard InChI is InChI=1S/C26H20Cl2N2O5/c1-15-4-3-5-18(10-15)30-25(32)19(24(31)29-26(30)33)11-16-7-9-22(23(13-16)34-2)35-14-17-6-8-20(27)21(28)12-17/h3-13H,14H2,1-2H3,(H,29,31,33)/b19-11+. The highest BCUT2D eigenvalue weighted by atomic mass is 35.5. The number of halogens is 2. The lowest BCUT2D eigenvalue weighted by Gasteiger charge is -2.26. The molecule has 4 rings (SSSR count). The Morgan fingerprint density at radius 2 is 1.74 bits per heavy atom. The molecule has 1 heterocycles. The topological polar surface area (TPSA) is 84.9 Å². The zero-order valence-corrected chi connectivity index (χ0v) is 20.3. The van der Waals surface area contributed by atoms with Crippen molar-refractivity contribution in [3.63, 3.8) is 0 Å². The number of hydrogen-bond acceptors (Lipinski definition) is 5. The van der Waals surface area contributed by atoms with Crippen LogP contribution in [0.15, 0.2) is 66.2 Å². The van der Waals surface area contributed by atoms with E-state index in [1.54, 1.807) is 54.6 Å². The first-order chi connectivity index (χ1) is 16.8. The monoisotopic (exact) mass is 510 g/mol. The number of carbonyl (C=O) groups excluding carboxylic acids is 3. The Balaban J connectivity index is 1.59. The molecule has 1 fully saturated rings. The molecule has 1 aliphatic heterocycles. The van der Waals surface area contributed by atoms with Crippen molar-refractivity contribution in [1.82, 2.24) is 5.32 Å². The van der Waals surface area contributed by atoms with Crippen LogP contribution in [0.1, 0.15) is 16.7 Å². The third kappa shape index (κ3) is 5.31. The van der Waals surface area contributed by atoms with Crippen molar-refractivity contribution >= 4 is 52.8 Å². The summed E-state index contributed by atoms with van der Waals surface area (Å²) in [5.41, 5.74) is 2.39. The molecule has 3 aromatic rings. The molecule has 0 aliphatic carbocycles. The van der Waals surface area contributed by atoms with E-state index in [2.05, 4.69) is 5.32 Å². The Kier molecular flexibility index (Phi) is 7.10. The van der Waals surface area contributed by atoms with Crippen LogP contribution in [0.5, 0.6) is 11.5 Å². The van der Waals surface area contributed by atoms with Crippen LogP contribution in [0.25, 0.3) is 6.08 Å². The Labute approximate surface area is 211 Å². The third-order valence-electron chi connectivity index (χ3n) is 5.24. The number of nitrogens with one attached hydrogen (secondary N) is 1. The minimum Gasteiger partial charge on any atom is -0.493 e. The minimum absolute atomic E-state index is 0.183. The number of methoxy groups -OCH3 is 1. The first kappa shape index (κ1) is 24.3. The van der Waals surface area contributed by atoms with Gasteiger partial charge in [0.2, 0.25) is 0 Å². The smallest absolute Gasteiger partial charge is 0.335 e. The molecule has 0 spiro atoms. The molecule has 0 aromatic heterocycles. The molecule has 0 radical (unpaired) electrons. The van der Waals surface area contributed by atoms with E-state index >= 15 is 0 Å². The summed E-state index contributed by atoms with van der Waals surface area (Å²) >= 11 is 12.0. The fourth-order valence-electron chi connectivity index (χ4n) is 3.51. The molecule has 9 heteroatoms. The van der Waals surface area contributed by atoms with Crippen LogP contribution in [-0.4, -0.2) is 25.0 Å². The summed E-state index contributed by atoms with van der Waals surface area (Å²) in [6, 6.07) is 16.3. The average molecular weight is 511 g/mol. The van der Waals surface area contributed by atoms with Crippen molar-refractivity contribution in [2.24, 2.45) is 0 Å². The van der Waals surface area contributed by atoms with Crippen molar-refractivity contribution < 1.29 is 23.9 Å². The predicted molar refractivity (Wildman–Crippen MR) is 134 cm³/mol. The number of carbonyl (C=O) groups is 3. The Hall–Kier alpha value is -3.81. The van der Waals surface area contributed by atoms with Crippen molar-refractivity contribution in [3.8, 4) is 11.5 Å². The number of amides is 4. The Bertz CT molecular complexity index is 1370. The number of hydrogen-bond donors (Lipinski definition) is 1. The molecule has 1 aliphatic rings. The van der Waals surface area contributed by atoms with Gasteiger partial charge in [0.15, 0.2) is 11.5 Å². The number of barbiturate groups is 1. The third-order valence-corrected chi connectivity index (χ3v) is 5.98. The second kappa shape index (κ2) is 10.2. The van der Waals surface area contributed by atoms with Gasteiger partial charge in [-0.2, -0.15) is 0 Å². The van der Waals surface area contributed by atoms with E-state index in [-0.39, 0.29) is 12.2 Å². The highest BCUT2D eigenvalue weighted by Gasteiger charge is 2.36. The molecule has 1 N–H and O–H groups in total. The van der Waals surface area contributed by atoms with Crippen LogP contribution in [-0.2, 0) is 16.2 Å². The molecule has 1 saturated heterocycles. The zero-order valence-electron chi connectivity index (χ0n) is 18.8. The van der Waals surface area contributed by atoms with Crippen molar-refractivity contribution in [1.29, 1.82) is 0 Å². The summed E-state index contributed by atoms with van der Waals surface area (Å²) < 4.78 is 11.3. The zero-order chi connectivity index (χ0) is 25.1. The molecule has 178 valence electrons. The summed E-state index contributed by atoms with van der Waals surface area (Å²) in [6.07, 6.45) is 1.40. The Morgan fingerprint density at radius 1 is 0.943 bits per heavy atom. The quantitative estimate of drug-likeness (QED) is 0.346. The molecule has 0 unspecified atom stereocenters. The van der Waals surface area contributed by atoms with E-state index in [4.69, 9.17) is 32.7 Å². The molecule has 0 bridgehead atoms. The van der Waals surface area contributed by atoms with Crippen LogP contribution in [0.4, 0.5) is 10.5 Å². The summed E-state index contributed by atoms with van der Waals surface area (Å²) in [7, 11) is 1.48. The number of anilines is 1. The van der Waals surface area contributed by atoms with Gasteiger partial charge in [0, 0.05) is 0 Å². The second-order valence-electron chi connectivity index (χ2n) is 7.74. The van der Waals surface area contributed by atoms with E-state index in [1.807, 2.05) is 13.0 Å². The van der Waals surface area contributed by atoms with Gasteiger partial charge in [0.05, 0.1) is 22.8 Å². The van der Waals surface area contributed by atoms with Crippen LogP contribution < -0.4 is 19.7 Å². The summed E-state index contributed by atoms with van der Waals surface area (Å²) in [6.45, 7) is 2.07. The van der Waals surface area contributed by atoms with E-state index in [9.17, 15) is 14.4 Å². The molecule has 0 atom stereocenters. The van der Waals surface area contributed by atoms with E-state index in [0.29, 0.717) is 32.8 Å². The lowest BCUT2D eigenvalue weighted by Crippen LogP contribution is -2.54. The largest absolute Gasteiger partial charge is 0.493 e.